The van der Waals surface area contributed by atoms with Gasteiger partial charge in [0.2, 0.25) is 0 Å². The Hall–Kier alpha value is -2.82. The molecule has 126 valence electrons. The van der Waals surface area contributed by atoms with Crippen molar-refractivity contribution in [3.05, 3.63) is 59.2 Å². The van der Waals surface area contributed by atoms with Crippen molar-refractivity contribution in [3.63, 3.8) is 0 Å². The number of esters is 1. The van der Waals surface area contributed by atoms with Gasteiger partial charge in [-0.2, -0.15) is 0 Å². The highest BCUT2D eigenvalue weighted by Crippen LogP contribution is 2.17. The molecule has 0 aliphatic rings. The van der Waals surface area contributed by atoms with Crippen molar-refractivity contribution >= 4 is 17.6 Å². The number of hydrogen-bond donors (Lipinski definition) is 1. The third-order valence-electron chi connectivity index (χ3n) is 3.40. The van der Waals surface area contributed by atoms with E-state index in [1.165, 1.54) is 0 Å². The van der Waals surface area contributed by atoms with Crippen LogP contribution in [0.3, 0.4) is 0 Å². The molecule has 0 unspecified atom stereocenters. The highest BCUT2D eigenvalue weighted by Gasteiger charge is 2.08. The first-order valence-electron chi connectivity index (χ1n) is 7.76. The van der Waals surface area contributed by atoms with E-state index in [0.29, 0.717) is 17.9 Å². The molecule has 1 amide bonds. The average molecular weight is 327 g/mol. The minimum Gasteiger partial charge on any atom is -0.484 e. The Balaban J connectivity index is 1.89. The number of amides is 1. The SMILES string of the molecule is CCOC(=O)c1ccc(OCC(=O)Nc2cc(C)ccc2C)cc1. The number of rotatable bonds is 6. The molecule has 2 rings (SSSR count). The lowest BCUT2D eigenvalue weighted by atomic mass is 10.1. The third-order valence-corrected chi connectivity index (χ3v) is 3.40. The molecule has 0 aliphatic heterocycles. The van der Waals surface area contributed by atoms with Crippen LogP contribution in [0.1, 0.15) is 28.4 Å². The molecule has 2 aromatic rings. The van der Waals surface area contributed by atoms with Crippen molar-refractivity contribution in [2.75, 3.05) is 18.5 Å². The molecule has 0 fully saturated rings. The van der Waals surface area contributed by atoms with E-state index in [-0.39, 0.29) is 18.5 Å². The molecule has 0 bridgehead atoms. The monoisotopic (exact) mass is 327 g/mol. The third kappa shape index (κ3) is 4.84. The van der Waals surface area contributed by atoms with E-state index >= 15 is 0 Å². The topological polar surface area (TPSA) is 64.6 Å². The molecule has 5 heteroatoms. The van der Waals surface area contributed by atoms with Gasteiger partial charge in [-0.15, -0.1) is 0 Å². The first-order chi connectivity index (χ1) is 11.5. The van der Waals surface area contributed by atoms with Crippen molar-refractivity contribution in [1.29, 1.82) is 0 Å². The highest BCUT2D eigenvalue weighted by atomic mass is 16.5. The summed E-state index contributed by atoms with van der Waals surface area (Å²) in [5.74, 6) is -0.103. The van der Waals surface area contributed by atoms with Crippen molar-refractivity contribution in [2.45, 2.75) is 20.8 Å². The minimum atomic E-state index is -0.378. The van der Waals surface area contributed by atoms with E-state index < -0.39 is 0 Å². The number of aryl methyl sites for hydroxylation is 2. The van der Waals surface area contributed by atoms with Gasteiger partial charge >= 0.3 is 5.97 Å². The second kappa shape index (κ2) is 8.15. The molecule has 0 saturated carbocycles. The van der Waals surface area contributed by atoms with E-state index in [1.807, 2.05) is 32.0 Å². The van der Waals surface area contributed by atoms with Gasteiger partial charge in [-0.05, 0) is 62.2 Å². The molecule has 0 aromatic heterocycles. The quantitative estimate of drug-likeness (QED) is 0.825. The van der Waals surface area contributed by atoms with Crippen molar-refractivity contribution in [1.82, 2.24) is 0 Å². The molecular formula is C19H21NO4. The summed E-state index contributed by atoms with van der Waals surface area (Å²) in [6.45, 7) is 5.88. The van der Waals surface area contributed by atoms with Crippen LogP contribution in [0.25, 0.3) is 0 Å². The lowest BCUT2D eigenvalue weighted by Crippen LogP contribution is -2.20. The summed E-state index contributed by atoms with van der Waals surface area (Å²) in [6, 6.07) is 12.4. The van der Waals surface area contributed by atoms with Crippen LogP contribution in [0.15, 0.2) is 42.5 Å². The van der Waals surface area contributed by atoms with E-state index in [9.17, 15) is 9.59 Å². The molecule has 0 heterocycles. The van der Waals surface area contributed by atoms with E-state index in [4.69, 9.17) is 9.47 Å². The maximum Gasteiger partial charge on any atom is 0.338 e. The van der Waals surface area contributed by atoms with E-state index in [2.05, 4.69) is 5.32 Å². The predicted molar refractivity (Wildman–Crippen MR) is 92.4 cm³/mol. The van der Waals surface area contributed by atoms with Gasteiger partial charge in [0.05, 0.1) is 12.2 Å². The van der Waals surface area contributed by atoms with Gasteiger partial charge in [-0.25, -0.2) is 4.79 Å². The zero-order chi connectivity index (χ0) is 17.5. The van der Waals surface area contributed by atoms with Gasteiger partial charge in [0.25, 0.3) is 5.91 Å². The van der Waals surface area contributed by atoms with Crippen LogP contribution in [0.5, 0.6) is 5.75 Å². The van der Waals surface area contributed by atoms with E-state index in [0.717, 1.165) is 16.8 Å². The van der Waals surface area contributed by atoms with Crippen molar-refractivity contribution in [2.24, 2.45) is 0 Å². The van der Waals surface area contributed by atoms with Crippen LogP contribution in [0.2, 0.25) is 0 Å². The van der Waals surface area contributed by atoms with Crippen molar-refractivity contribution < 1.29 is 19.1 Å². The second-order valence-electron chi connectivity index (χ2n) is 5.40. The Morgan fingerprint density at radius 3 is 2.42 bits per heavy atom. The van der Waals surface area contributed by atoms with Gasteiger partial charge in [0, 0.05) is 5.69 Å². The van der Waals surface area contributed by atoms with Crippen LogP contribution in [-0.4, -0.2) is 25.1 Å². The van der Waals surface area contributed by atoms with Gasteiger partial charge in [0.15, 0.2) is 6.61 Å². The summed E-state index contributed by atoms with van der Waals surface area (Å²) in [6.07, 6.45) is 0. The fourth-order valence-corrected chi connectivity index (χ4v) is 2.11. The Morgan fingerprint density at radius 2 is 1.75 bits per heavy atom. The molecule has 24 heavy (non-hydrogen) atoms. The number of hydrogen-bond acceptors (Lipinski definition) is 4. The predicted octanol–water partition coefficient (Wildman–Crippen LogP) is 3.50. The summed E-state index contributed by atoms with van der Waals surface area (Å²) in [4.78, 5) is 23.6. The molecule has 0 aliphatic carbocycles. The van der Waals surface area contributed by atoms with Crippen LogP contribution in [-0.2, 0) is 9.53 Å². The highest BCUT2D eigenvalue weighted by molar-refractivity contribution is 5.92. The van der Waals surface area contributed by atoms with Crippen LogP contribution >= 0.6 is 0 Å². The van der Waals surface area contributed by atoms with E-state index in [1.54, 1.807) is 31.2 Å². The van der Waals surface area contributed by atoms with Gasteiger partial charge < -0.3 is 14.8 Å². The first-order valence-corrected chi connectivity index (χ1v) is 7.76. The molecule has 5 nitrogen and oxygen atoms in total. The number of benzene rings is 2. The Labute approximate surface area is 141 Å². The summed E-state index contributed by atoms with van der Waals surface area (Å²) < 4.78 is 10.3. The Morgan fingerprint density at radius 1 is 1.04 bits per heavy atom. The fourth-order valence-electron chi connectivity index (χ4n) is 2.11. The first kappa shape index (κ1) is 17.5. The summed E-state index contributed by atoms with van der Waals surface area (Å²) in [7, 11) is 0. The summed E-state index contributed by atoms with van der Waals surface area (Å²) in [5, 5.41) is 2.83. The number of carbonyl (C=O) groups excluding carboxylic acids is 2. The Bertz CT molecular complexity index is 723. The lowest BCUT2D eigenvalue weighted by molar-refractivity contribution is -0.118. The van der Waals surface area contributed by atoms with Crippen molar-refractivity contribution in [3.8, 4) is 5.75 Å². The average Bonchev–Trinajstić information content (AvgIpc) is 2.57. The number of anilines is 1. The van der Waals surface area contributed by atoms with Crippen LogP contribution in [0, 0.1) is 13.8 Å². The van der Waals surface area contributed by atoms with Gasteiger partial charge in [-0.1, -0.05) is 12.1 Å². The molecular weight excluding hydrogens is 306 g/mol. The minimum absolute atomic E-state index is 0.105. The smallest absolute Gasteiger partial charge is 0.338 e. The van der Waals surface area contributed by atoms with Crippen LogP contribution < -0.4 is 10.1 Å². The normalized spacial score (nSPS) is 10.1. The zero-order valence-corrected chi connectivity index (χ0v) is 14.1. The number of nitrogens with one attached hydrogen (secondary N) is 1. The number of ether oxygens (including phenoxy) is 2. The molecule has 2 aromatic carbocycles. The second-order valence-corrected chi connectivity index (χ2v) is 5.40. The van der Waals surface area contributed by atoms with Crippen LogP contribution in [0.4, 0.5) is 5.69 Å². The standard InChI is InChI=1S/C19H21NO4/c1-4-23-19(22)15-7-9-16(10-8-15)24-12-18(21)20-17-11-13(2)5-6-14(17)3/h5-11H,4,12H2,1-3H3,(H,20,21). The maximum atomic E-state index is 12.0. The molecule has 1 N–H and O–H groups in total. The molecule has 0 radical (unpaired) electrons. The lowest BCUT2D eigenvalue weighted by Gasteiger charge is -2.10. The maximum absolute atomic E-state index is 12.0. The molecule has 0 atom stereocenters. The van der Waals surface area contributed by atoms with Gasteiger partial charge in [0.1, 0.15) is 5.75 Å². The van der Waals surface area contributed by atoms with Gasteiger partial charge in [-0.3, -0.25) is 4.79 Å². The Kier molecular flexibility index (Phi) is 5.95. The number of carbonyl (C=O) groups is 2. The molecule has 0 spiro atoms. The molecule has 0 saturated heterocycles. The zero-order valence-electron chi connectivity index (χ0n) is 14.1. The summed E-state index contributed by atoms with van der Waals surface area (Å²) in [5.41, 5.74) is 3.30. The summed E-state index contributed by atoms with van der Waals surface area (Å²) >= 11 is 0. The fraction of sp³-hybridized carbons (Fsp3) is 0.263. The largest absolute Gasteiger partial charge is 0.484 e.